The first-order valence-corrected chi connectivity index (χ1v) is 5.60. The van der Waals surface area contributed by atoms with Gasteiger partial charge in [0.25, 0.3) is 5.54 Å². The van der Waals surface area contributed by atoms with Gasteiger partial charge in [0, 0.05) is 11.3 Å². The highest BCUT2D eigenvalue weighted by Crippen LogP contribution is 2.57. The van der Waals surface area contributed by atoms with Crippen LogP contribution in [0.15, 0.2) is 30.3 Å². The Bertz CT molecular complexity index is 534. The molecule has 2 amide bonds. The van der Waals surface area contributed by atoms with Crippen LogP contribution in [0.25, 0.3) is 0 Å². The summed E-state index contributed by atoms with van der Waals surface area (Å²) >= 11 is 0. The van der Waals surface area contributed by atoms with E-state index in [0.29, 0.717) is 0 Å². The van der Waals surface area contributed by atoms with E-state index in [1.54, 1.807) is 24.3 Å². The number of nitrogens with zero attached hydrogens (tertiary/aromatic N) is 1. The van der Waals surface area contributed by atoms with Crippen LogP contribution in [0.4, 0.5) is 0 Å². The molecule has 2 aliphatic rings. The third-order valence-corrected chi connectivity index (χ3v) is 3.78. The second-order valence-electron chi connectivity index (χ2n) is 4.72. The number of hydrogen-bond acceptors (Lipinski definition) is 4. The quantitative estimate of drug-likeness (QED) is 0.467. The Morgan fingerprint density at radius 3 is 2.22 bits per heavy atom. The summed E-state index contributed by atoms with van der Waals surface area (Å²) in [5, 5.41) is 13.4. The summed E-state index contributed by atoms with van der Waals surface area (Å²) in [4.78, 5) is 33.8. The van der Waals surface area contributed by atoms with Crippen LogP contribution in [0, 0.1) is 22.0 Å². The normalized spacial score (nSPS) is 32.9. The van der Waals surface area contributed by atoms with Crippen molar-refractivity contribution in [3.63, 3.8) is 0 Å². The van der Waals surface area contributed by atoms with E-state index >= 15 is 0 Å². The molecular formula is C12H10N2O4. The number of fused-ring (bicyclic) bond motifs is 1. The van der Waals surface area contributed by atoms with Crippen molar-refractivity contribution >= 4 is 11.8 Å². The van der Waals surface area contributed by atoms with Gasteiger partial charge >= 0.3 is 0 Å². The Kier molecular flexibility index (Phi) is 2.04. The highest BCUT2D eigenvalue weighted by Gasteiger charge is 2.84. The molecule has 1 heterocycles. The Labute approximate surface area is 102 Å². The summed E-state index contributed by atoms with van der Waals surface area (Å²) in [5.74, 6) is -2.64. The molecule has 18 heavy (non-hydrogen) atoms. The van der Waals surface area contributed by atoms with Crippen LogP contribution in [0.5, 0.6) is 0 Å². The van der Waals surface area contributed by atoms with Gasteiger partial charge in [-0.2, -0.15) is 0 Å². The van der Waals surface area contributed by atoms with E-state index < -0.39 is 34.1 Å². The molecule has 92 valence electrons. The van der Waals surface area contributed by atoms with Gasteiger partial charge in [0.1, 0.15) is 11.8 Å². The highest BCUT2D eigenvalue weighted by molar-refractivity contribution is 6.11. The van der Waals surface area contributed by atoms with Crippen LogP contribution in [-0.4, -0.2) is 22.3 Å². The lowest BCUT2D eigenvalue weighted by Crippen LogP contribution is -2.41. The molecule has 1 saturated carbocycles. The van der Waals surface area contributed by atoms with Crippen LogP contribution >= 0.6 is 0 Å². The highest BCUT2D eigenvalue weighted by atomic mass is 16.6. The number of piperidine rings is 1. The topological polar surface area (TPSA) is 89.3 Å². The number of imide groups is 1. The van der Waals surface area contributed by atoms with E-state index in [9.17, 15) is 19.7 Å². The number of nitrogens with one attached hydrogen (secondary N) is 1. The Morgan fingerprint density at radius 2 is 1.72 bits per heavy atom. The number of rotatable bonds is 3. The van der Waals surface area contributed by atoms with Crippen molar-refractivity contribution in [2.24, 2.45) is 11.8 Å². The first-order chi connectivity index (χ1) is 8.57. The molecule has 2 fully saturated rings. The number of benzene rings is 1. The zero-order valence-corrected chi connectivity index (χ0v) is 9.33. The van der Waals surface area contributed by atoms with Crippen LogP contribution < -0.4 is 5.32 Å². The zero-order chi connectivity index (χ0) is 12.9. The van der Waals surface area contributed by atoms with Crippen molar-refractivity contribution in [3.8, 4) is 0 Å². The fourth-order valence-electron chi connectivity index (χ4n) is 2.89. The van der Waals surface area contributed by atoms with Crippen molar-refractivity contribution in [2.45, 2.75) is 12.0 Å². The molecule has 1 aromatic carbocycles. The standard InChI is InChI=1S/C12H10N2O4/c15-10-8-9(11(16)13-10)12(8,14(17)18)6-7-4-2-1-3-5-7/h1-5,8-9H,6H2,(H,13,15,16). The summed E-state index contributed by atoms with van der Waals surface area (Å²) in [6.45, 7) is 0. The summed E-state index contributed by atoms with van der Waals surface area (Å²) in [6.07, 6.45) is 0.120. The smallest absolute Gasteiger partial charge is 0.251 e. The maximum absolute atomic E-state index is 11.5. The van der Waals surface area contributed by atoms with Crippen LogP contribution in [0.2, 0.25) is 0 Å². The molecule has 6 heteroatoms. The van der Waals surface area contributed by atoms with Gasteiger partial charge in [0.05, 0.1) is 0 Å². The lowest BCUT2D eigenvalue weighted by Gasteiger charge is -2.12. The summed E-state index contributed by atoms with van der Waals surface area (Å²) in [6, 6.07) is 8.91. The molecule has 0 bridgehead atoms. The molecule has 1 aliphatic heterocycles. The summed E-state index contributed by atoms with van der Waals surface area (Å²) < 4.78 is 0. The lowest BCUT2D eigenvalue weighted by molar-refractivity contribution is -0.543. The van der Waals surface area contributed by atoms with Crippen molar-refractivity contribution in [1.82, 2.24) is 5.32 Å². The SMILES string of the molecule is O=C1NC(=O)C2C1C2(Cc1ccccc1)[N+](=O)[O-]. The Balaban J connectivity index is 1.95. The minimum atomic E-state index is -1.43. The molecule has 1 aliphatic carbocycles. The molecule has 0 radical (unpaired) electrons. The number of nitro groups is 1. The average molecular weight is 246 g/mol. The maximum Gasteiger partial charge on any atom is 0.251 e. The molecule has 1 aromatic rings. The number of amides is 2. The Morgan fingerprint density at radius 1 is 1.17 bits per heavy atom. The summed E-state index contributed by atoms with van der Waals surface area (Å²) in [5.41, 5.74) is -0.662. The fourth-order valence-corrected chi connectivity index (χ4v) is 2.89. The van der Waals surface area contributed by atoms with Gasteiger partial charge in [-0.25, -0.2) is 0 Å². The molecule has 2 atom stereocenters. The average Bonchev–Trinajstić information content (AvgIpc) is 2.90. The van der Waals surface area contributed by atoms with E-state index in [4.69, 9.17) is 0 Å². The lowest BCUT2D eigenvalue weighted by atomic mass is 10.00. The summed E-state index contributed by atoms with van der Waals surface area (Å²) in [7, 11) is 0. The molecule has 6 nitrogen and oxygen atoms in total. The van der Waals surface area contributed by atoms with Gasteiger partial charge < -0.3 is 0 Å². The van der Waals surface area contributed by atoms with E-state index in [1.165, 1.54) is 0 Å². The monoisotopic (exact) mass is 246 g/mol. The van der Waals surface area contributed by atoms with E-state index in [1.807, 2.05) is 6.07 Å². The molecule has 2 unspecified atom stereocenters. The van der Waals surface area contributed by atoms with E-state index in [-0.39, 0.29) is 6.42 Å². The van der Waals surface area contributed by atoms with Crippen molar-refractivity contribution < 1.29 is 14.5 Å². The third kappa shape index (κ3) is 1.23. The van der Waals surface area contributed by atoms with Crippen molar-refractivity contribution in [2.75, 3.05) is 0 Å². The minimum Gasteiger partial charge on any atom is -0.295 e. The minimum absolute atomic E-state index is 0.120. The molecular weight excluding hydrogens is 236 g/mol. The van der Waals surface area contributed by atoms with Gasteiger partial charge in [-0.3, -0.25) is 25.0 Å². The second kappa shape index (κ2) is 3.38. The second-order valence-corrected chi connectivity index (χ2v) is 4.72. The van der Waals surface area contributed by atoms with Gasteiger partial charge in [-0.05, 0) is 5.56 Å². The van der Waals surface area contributed by atoms with Crippen molar-refractivity contribution in [1.29, 1.82) is 0 Å². The number of hydrogen-bond donors (Lipinski definition) is 1. The van der Waals surface area contributed by atoms with E-state index in [0.717, 1.165) is 5.56 Å². The van der Waals surface area contributed by atoms with Gasteiger partial charge in [-0.15, -0.1) is 0 Å². The zero-order valence-electron chi connectivity index (χ0n) is 9.33. The molecule has 1 saturated heterocycles. The number of carbonyl (C=O) groups is 2. The van der Waals surface area contributed by atoms with E-state index in [2.05, 4.69) is 5.32 Å². The number of carbonyl (C=O) groups excluding carboxylic acids is 2. The largest absolute Gasteiger partial charge is 0.295 e. The van der Waals surface area contributed by atoms with Gasteiger partial charge in [0.15, 0.2) is 0 Å². The molecule has 0 spiro atoms. The predicted molar refractivity (Wildman–Crippen MR) is 60.0 cm³/mol. The molecule has 0 aromatic heterocycles. The van der Waals surface area contributed by atoms with Crippen LogP contribution in [0.3, 0.4) is 0 Å². The van der Waals surface area contributed by atoms with Crippen LogP contribution in [0.1, 0.15) is 5.56 Å². The predicted octanol–water partition coefficient (Wildman–Crippen LogP) is 0.147. The van der Waals surface area contributed by atoms with Crippen LogP contribution in [-0.2, 0) is 16.0 Å². The van der Waals surface area contributed by atoms with Gasteiger partial charge in [-0.1, -0.05) is 30.3 Å². The molecule has 1 N–H and O–H groups in total. The Hall–Kier alpha value is -2.24. The van der Waals surface area contributed by atoms with Gasteiger partial charge in [0.2, 0.25) is 11.8 Å². The third-order valence-electron chi connectivity index (χ3n) is 3.78. The maximum atomic E-state index is 11.5. The molecule has 3 rings (SSSR count). The van der Waals surface area contributed by atoms with Crippen molar-refractivity contribution in [3.05, 3.63) is 46.0 Å². The first-order valence-electron chi connectivity index (χ1n) is 5.60. The first kappa shape index (κ1) is 10.9. The fraction of sp³-hybridized carbons (Fsp3) is 0.333.